The van der Waals surface area contributed by atoms with Gasteiger partial charge in [-0.05, 0) is 17.0 Å². The largest absolute Gasteiger partial charge is 0.325 e. The lowest BCUT2D eigenvalue weighted by Gasteiger charge is -2.23. The van der Waals surface area contributed by atoms with Gasteiger partial charge in [0.2, 0.25) is 5.91 Å². The van der Waals surface area contributed by atoms with Crippen LogP contribution in [0.15, 0.2) is 24.3 Å². The zero-order valence-electron chi connectivity index (χ0n) is 12.0. The number of amides is 1. The molecule has 0 aliphatic heterocycles. The van der Waals surface area contributed by atoms with Crippen LogP contribution in [-0.2, 0) is 10.2 Å². The maximum Gasteiger partial charge on any atom is 0.238 e. The predicted molar refractivity (Wildman–Crippen MR) is 76.9 cm³/mol. The van der Waals surface area contributed by atoms with Gasteiger partial charge in [-0.2, -0.15) is 0 Å². The van der Waals surface area contributed by atoms with Gasteiger partial charge in [0.1, 0.15) is 0 Å². The van der Waals surface area contributed by atoms with Crippen LogP contribution in [-0.4, -0.2) is 18.5 Å². The van der Waals surface area contributed by atoms with Crippen LogP contribution in [0.25, 0.3) is 0 Å². The molecule has 0 radical (unpaired) electrons. The molecule has 0 bridgehead atoms. The van der Waals surface area contributed by atoms with E-state index in [1.165, 1.54) is 0 Å². The molecule has 0 fully saturated rings. The molecule has 100 valence electrons. The third-order valence-corrected chi connectivity index (χ3v) is 2.68. The fourth-order valence-corrected chi connectivity index (χ4v) is 1.74. The lowest BCUT2D eigenvalue weighted by molar-refractivity contribution is -0.115. The van der Waals surface area contributed by atoms with E-state index in [1.807, 2.05) is 32.0 Å². The summed E-state index contributed by atoms with van der Waals surface area (Å²) in [5.74, 6) is 0.000370. The highest BCUT2D eigenvalue weighted by molar-refractivity contribution is 5.93. The zero-order chi connectivity index (χ0) is 13.8. The van der Waals surface area contributed by atoms with Crippen LogP contribution in [0, 0.1) is 0 Å². The highest BCUT2D eigenvalue weighted by atomic mass is 16.1. The Hall–Kier alpha value is -1.35. The molecule has 3 nitrogen and oxygen atoms in total. The molecule has 0 aliphatic rings. The number of hydrogen-bond donors (Lipinski definition) is 2. The van der Waals surface area contributed by atoms with E-state index in [1.54, 1.807) is 0 Å². The van der Waals surface area contributed by atoms with Gasteiger partial charge in [0.05, 0.1) is 6.54 Å². The molecule has 1 aromatic rings. The van der Waals surface area contributed by atoms with E-state index >= 15 is 0 Å². The van der Waals surface area contributed by atoms with Gasteiger partial charge in [0.15, 0.2) is 0 Å². The molecule has 0 heterocycles. The molecular weight excluding hydrogens is 224 g/mol. The van der Waals surface area contributed by atoms with Gasteiger partial charge < -0.3 is 10.6 Å². The van der Waals surface area contributed by atoms with Crippen molar-refractivity contribution in [3.05, 3.63) is 29.8 Å². The summed E-state index contributed by atoms with van der Waals surface area (Å²) in [5, 5.41) is 6.08. The Morgan fingerprint density at radius 3 is 2.39 bits per heavy atom. The average Bonchev–Trinajstić information content (AvgIpc) is 2.25. The van der Waals surface area contributed by atoms with Crippen LogP contribution in [0.3, 0.4) is 0 Å². The molecule has 1 rings (SSSR count). The van der Waals surface area contributed by atoms with Crippen LogP contribution >= 0.6 is 0 Å². The Morgan fingerprint density at radius 2 is 1.83 bits per heavy atom. The van der Waals surface area contributed by atoms with Crippen molar-refractivity contribution in [2.45, 2.75) is 46.1 Å². The number of hydrogen-bond acceptors (Lipinski definition) is 2. The van der Waals surface area contributed by atoms with Gasteiger partial charge in [-0.3, -0.25) is 4.79 Å². The minimum absolute atomic E-state index is 0.000370. The number of para-hydroxylation sites is 1. The fraction of sp³-hybridized carbons (Fsp3) is 0.533. The number of nitrogens with one attached hydrogen (secondary N) is 2. The summed E-state index contributed by atoms with van der Waals surface area (Å²) >= 11 is 0. The van der Waals surface area contributed by atoms with Gasteiger partial charge in [-0.25, -0.2) is 0 Å². The van der Waals surface area contributed by atoms with Crippen molar-refractivity contribution in [1.82, 2.24) is 5.32 Å². The Bertz CT molecular complexity index is 405. The minimum atomic E-state index is 0.000370. The Labute approximate surface area is 110 Å². The normalized spacial score (nSPS) is 11.7. The molecule has 0 aliphatic carbocycles. The van der Waals surface area contributed by atoms with Crippen molar-refractivity contribution in [1.29, 1.82) is 0 Å². The molecular formula is C15H24N2O. The van der Waals surface area contributed by atoms with E-state index in [0.29, 0.717) is 12.6 Å². The second-order valence-corrected chi connectivity index (χ2v) is 5.88. The topological polar surface area (TPSA) is 41.1 Å². The first-order chi connectivity index (χ1) is 8.30. The highest BCUT2D eigenvalue weighted by Crippen LogP contribution is 2.28. The van der Waals surface area contributed by atoms with Crippen LogP contribution in [0.2, 0.25) is 0 Å². The van der Waals surface area contributed by atoms with E-state index in [4.69, 9.17) is 0 Å². The van der Waals surface area contributed by atoms with Gasteiger partial charge in [0.25, 0.3) is 0 Å². The molecule has 3 heteroatoms. The molecule has 0 saturated heterocycles. The molecule has 0 unspecified atom stereocenters. The first-order valence-electron chi connectivity index (χ1n) is 6.43. The number of anilines is 1. The van der Waals surface area contributed by atoms with Crippen molar-refractivity contribution in [2.75, 3.05) is 11.9 Å². The Morgan fingerprint density at radius 1 is 1.22 bits per heavy atom. The maximum atomic E-state index is 11.8. The number of carbonyl (C=O) groups excluding carboxylic acids is 1. The third-order valence-electron chi connectivity index (χ3n) is 2.68. The molecule has 0 atom stereocenters. The lowest BCUT2D eigenvalue weighted by atomic mass is 9.86. The van der Waals surface area contributed by atoms with Crippen molar-refractivity contribution in [3.8, 4) is 0 Å². The monoisotopic (exact) mass is 248 g/mol. The Balaban J connectivity index is 2.76. The average molecular weight is 248 g/mol. The quantitative estimate of drug-likeness (QED) is 0.860. The van der Waals surface area contributed by atoms with Gasteiger partial charge >= 0.3 is 0 Å². The third kappa shape index (κ3) is 4.49. The van der Waals surface area contributed by atoms with Crippen molar-refractivity contribution >= 4 is 11.6 Å². The fourth-order valence-electron chi connectivity index (χ4n) is 1.74. The summed E-state index contributed by atoms with van der Waals surface area (Å²) in [4.78, 5) is 11.8. The van der Waals surface area contributed by atoms with E-state index in [0.717, 1.165) is 11.3 Å². The second kappa shape index (κ2) is 6.01. The molecule has 0 saturated carbocycles. The van der Waals surface area contributed by atoms with Gasteiger partial charge in [-0.1, -0.05) is 52.8 Å². The van der Waals surface area contributed by atoms with Crippen molar-refractivity contribution in [2.24, 2.45) is 0 Å². The molecule has 1 amide bonds. The van der Waals surface area contributed by atoms with E-state index in [-0.39, 0.29) is 11.3 Å². The van der Waals surface area contributed by atoms with Gasteiger partial charge in [-0.15, -0.1) is 0 Å². The SMILES string of the molecule is CC(C)NCC(=O)Nc1ccccc1C(C)(C)C. The van der Waals surface area contributed by atoms with E-state index in [2.05, 4.69) is 37.5 Å². The summed E-state index contributed by atoms with van der Waals surface area (Å²) in [5.41, 5.74) is 2.08. The lowest BCUT2D eigenvalue weighted by Crippen LogP contribution is -2.33. The molecule has 2 N–H and O–H groups in total. The predicted octanol–water partition coefficient (Wildman–Crippen LogP) is 2.92. The Kier molecular flexibility index (Phi) is 4.91. The summed E-state index contributed by atoms with van der Waals surface area (Å²) in [6, 6.07) is 8.27. The summed E-state index contributed by atoms with van der Waals surface area (Å²) in [6.07, 6.45) is 0. The smallest absolute Gasteiger partial charge is 0.238 e. The minimum Gasteiger partial charge on any atom is -0.325 e. The summed E-state index contributed by atoms with van der Waals surface area (Å²) in [6.45, 7) is 10.8. The van der Waals surface area contributed by atoms with E-state index < -0.39 is 0 Å². The maximum absolute atomic E-state index is 11.8. The highest BCUT2D eigenvalue weighted by Gasteiger charge is 2.18. The molecule has 0 aromatic heterocycles. The molecule has 0 spiro atoms. The summed E-state index contributed by atoms with van der Waals surface area (Å²) < 4.78 is 0. The van der Waals surface area contributed by atoms with Gasteiger partial charge in [0, 0.05) is 11.7 Å². The van der Waals surface area contributed by atoms with Crippen LogP contribution in [0.5, 0.6) is 0 Å². The number of rotatable bonds is 4. The second-order valence-electron chi connectivity index (χ2n) is 5.88. The molecule has 18 heavy (non-hydrogen) atoms. The van der Waals surface area contributed by atoms with E-state index in [9.17, 15) is 4.79 Å². The van der Waals surface area contributed by atoms with Crippen LogP contribution < -0.4 is 10.6 Å². The molecule has 1 aromatic carbocycles. The standard InChI is InChI=1S/C15H24N2O/c1-11(2)16-10-14(18)17-13-9-7-6-8-12(13)15(3,4)5/h6-9,11,16H,10H2,1-5H3,(H,17,18). The van der Waals surface area contributed by atoms with Crippen LogP contribution in [0.4, 0.5) is 5.69 Å². The summed E-state index contributed by atoms with van der Waals surface area (Å²) in [7, 11) is 0. The van der Waals surface area contributed by atoms with Crippen LogP contribution in [0.1, 0.15) is 40.2 Å². The first-order valence-corrected chi connectivity index (χ1v) is 6.43. The number of benzene rings is 1. The first kappa shape index (κ1) is 14.7. The zero-order valence-corrected chi connectivity index (χ0v) is 12.0. The van der Waals surface area contributed by atoms with Crippen molar-refractivity contribution < 1.29 is 4.79 Å². The van der Waals surface area contributed by atoms with Crippen molar-refractivity contribution in [3.63, 3.8) is 0 Å². The number of carbonyl (C=O) groups is 1.